The molecule has 0 spiro atoms. The summed E-state index contributed by atoms with van der Waals surface area (Å²) in [5, 5.41) is 19.7. The van der Waals surface area contributed by atoms with Crippen LogP contribution in [0.25, 0.3) is 11.0 Å². The van der Waals surface area contributed by atoms with Crippen molar-refractivity contribution in [2.75, 3.05) is 13.4 Å². The van der Waals surface area contributed by atoms with Gasteiger partial charge >= 0.3 is 17.6 Å². The summed E-state index contributed by atoms with van der Waals surface area (Å²) in [5.74, 6) is 5.42. The summed E-state index contributed by atoms with van der Waals surface area (Å²) in [6, 6.07) is 11.4. The Labute approximate surface area is 266 Å². The lowest BCUT2D eigenvalue weighted by atomic mass is 9.83. The standard InChI is InChI=1S/C36H38O10/c1-21(2)25-12-11-24-10-7-9-23(18-24)8-5-6-16-36(4)33(45-34(25)40)32(43-22(3)39)30-29(46-36)14-13-26-28(19-37)27(15-17-42-20-38)35(41)44-31(26)30/h7,9-10,13-14,18,32-33,37-38H,8,11-12,15-17,19-20H2,1-4H3/t32-,33+,36+/m1/s1. The number of aliphatic hydroxyl groups excluding tert-OH is 2. The van der Waals surface area contributed by atoms with Gasteiger partial charge in [0.25, 0.3) is 0 Å². The van der Waals surface area contributed by atoms with E-state index >= 15 is 0 Å². The molecular weight excluding hydrogens is 592 g/mol. The van der Waals surface area contributed by atoms with Gasteiger partial charge in [-0.15, -0.1) is 0 Å². The van der Waals surface area contributed by atoms with Gasteiger partial charge < -0.3 is 33.6 Å². The van der Waals surface area contributed by atoms with Crippen molar-refractivity contribution in [1.29, 1.82) is 0 Å². The molecule has 0 unspecified atom stereocenters. The lowest BCUT2D eigenvalue weighted by molar-refractivity contribution is -0.188. The summed E-state index contributed by atoms with van der Waals surface area (Å²) in [6.45, 7) is 5.69. The normalized spacial score (nSPS) is 21.1. The van der Waals surface area contributed by atoms with E-state index in [9.17, 15) is 19.5 Å². The zero-order chi connectivity index (χ0) is 33.0. The van der Waals surface area contributed by atoms with E-state index in [2.05, 4.69) is 17.9 Å². The number of hydrogen-bond acceptors (Lipinski definition) is 10. The highest BCUT2D eigenvalue weighted by atomic mass is 16.6. The maximum absolute atomic E-state index is 13.9. The molecule has 2 N–H and O–H groups in total. The van der Waals surface area contributed by atoms with Crippen molar-refractivity contribution in [3.8, 4) is 17.6 Å². The van der Waals surface area contributed by atoms with Crippen LogP contribution in [0, 0.1) is 11.8 Å². The van der Waals surface area contributed by atoms with Gasteiger partial charge in [0.2, 0.25) is 0 Å². The van der Waals surface area contributed by atoms with Gasteiger partial charge in [-0.3, -0.25) is 4.79 Å². The van der Waals surface area contributed by atoms with E-state index in [1.807, 2.05) is 32.0 Å². The minimum atomic E-state index is -1.27. The Morgan fingerprint density at radius 2 is 1.83 bits per heavy atom. The minimum Gasteiger partial charge on any atom is -0.482 e. The maximum Gasteiger partial charge on any atom is 0.339 e. The number of aliphatic hydroxyl groups is 2. The molecule has 0 amide bonds. The molecule has 0 saturated heterocycles. The van der Waals surface area contributed by atoms with E-state index in [0.29, 0.717) is 35.8 Å². The van der Waals surface area contributed by atoms with Gasteiger partial charge in [0.05, 0.1) is 25.2 Å². The molecule has 0 saturated carbocycles. The van der Waals surface area contributed by atoms with Crippen LogP contribution in [0.4, 0.5) is 0 Å². The zero-order valence-electron chi connectivity index (χ0n) is 26.4. The molecule has 0 aliphatic carbocycles. The molecule has 242 valence electrons. The molecule has 2 aromatic carbocycles. The number of carbonyl (C=O) groups is 2. The van der Waals surface area contributed by atoms with Crippen LogP contribution in [0.15, 0.2) is 56.8 Å². The largest absolute Gasteiger partial charge is 0.482 e. The fraction of sp³-hybridized carbons (Fsp3) is 0.417. The molecule has 3 heterocycles. The lowest BCUT2D eigenvalue weighted by Crippen LogP contribution is -2.54. The van der Waals surface area contributed by atoms with Crippen LogP contribution in [-0.4, -0.2) is 47.3 Å². The third kappa shape index (κ3) is 6.72. The summed E-state index contributed by atoms with van der Waals surface area (Å²) < 4.78 is 29.5. The molecule has 10 heteroatoms. The SMILES string of the molecule is CC(=O)O[C@@H]1c2c(ccc3c(CO)c(CCOCO)c(=O)oc23)O[C@@]2(C)CC#CCc3cccc(c3)CCC(=C(C)C)C(=O)O[C@@H]12. The fourth-order valence-electron chi connectivity index (χ4n) is 6.11. The number of ether oxygens (including phenoxy) is 4. The molecule has 2 bridgehead atoms. The van der Waals surface area contributed by atoms with Crippen molar-refractivity contribution < 1.29 is 43.2 Å². The summed E-state index contributed by atoms with van der Waals surface area (Å²) in [5.41, 5.74) is 2.13. The van der Waals surface area contributed by atoms with Gasteiger partial charge in [0.1, 0.15) is 18.1 Å². The first-order valence-corrected chi connectivity index (χ1v) is 15.2. The van der Waals surface area contributed by atoms with Crippen LogP contribution < -0.4 is 10.4 Å². The quantitative estimate of drug-likeness (QED) is 0.101. The van der Waals surface area contributed by atoms with Crippen LogP contribution in [0.1, 0.15) is 74.5 Å². The van der Waals surface area contributed by atoms with Crippen molar-refractivity contribution >= 4 is 22.9 Å². The molecule has 3 aromatic rings. The highest BCUT2D eigenvalue weighted by Crippen LogP contribution is 2.48. The molecular formula is C36H38O10. The summed E-state index contributed by atoms with van der Waals surface area (Å²) in [7, 11) is 0. The van der Waals surface area contributed by atoms with Crippen LogP contribution in [-0.2, 0) is 49.7 Å². The Kier molecular flexibility index (Phi) is 9.97. The third-order valence-corrected chi connectivity index (χ3v) is 8.43. The zero-order valence-corrected chi connectivity index (χ0v) is 26.4. The Morgan fingerprint density at radius 3 is 2.54 bits per heavy atom. The Morgan fingerprint density at radius 1 is 1.04 bits per heavy atom. The van der Waals surface area contributed by atoms with E-state index in [1.165, 1.54) is 6.92 Å². The first-order chi connectivity index (χ1) is 22.1. The molecule has 10 nitrogen and oxygen atoms in total. The molecule has 46 heavy (non-hydrogen) atoms. The Bertz CT molecular complexity index is 1800. The van der Waals surface area contributed by atoms with Crippen LogP contribution in [0.3, 0.4) is 0 Å². The summed E-state index contributed by atoms with van der Waals surface area (Å²) >= 11 is 0. The van der Waals surface area contributed by atoms with E-state index in [0.717, 1.165) is 16.7 Å². The highest BCUT2D eigenvalue weighted by Gasteiger charge is 2.52. The summed E-state index contributed by atoms with van der Waals surface area (Å²) in [4.78, 5) is 39.8. The molecule has 2 aliphatic rings. The van der Waals surface area contributed by atoms with Gasteiger partial charge in [-0.05, 0) is 62.4 Å². The Hall–Kier alpha value is -4.43. The average Bonchev–Trinajstić information content (AvgIpc) is 3.00. The van der Waals surface area contributed by atoms with Crippen molar-refractivity contribution in [1.82, 2.24) is 0 Å². The fourth-order valence-corrected chi connectivity index (χ4v) is 6.11. The van der Waals surface area contributed by atoms with Crippen molar-refractivity contribution in [2.45, 2.75) is 84.2 Å². The van der Waals surface area contributed by atoms with E-state index < -0.39 is 48.8 Å². The van der Waals surface area contributed by atoms with Gasteiger partial charge in [-0.2, -0.15) is 0 Å². The van der Waals surface area contributed by atoms with Crippen LogP contribution >= 0.6 is 0 Å². The monoisotopic (exact) mass is 630 g/mol. The molecule has 3 atom stereocenters. The third-order valence-electron chi connectivity index (χ3n) is 8.43. The lowest BCUT2D eigenvalue weighted by Gasteiger charge is -2.44. The second-order valence-corrected chi connectivity index (χ2v) is 11.9. The average molecular weight is 631 g/mol. The number of carbonyl (C=O) groups excluding carboxylic acids is 2. The van der Waals surface area contributed by atoms with E-state index in [-0.39, 0.29) is 41.9 Å². The molecule has 0 radical (unpaired) electrons. The maximum atomic E-state index is 13.9. The number of allylic oxidation sites excluding steroid dienone is 1. The predicted molar refractivity (Wildman–Crippen MR) is 168 cm³/mol. The van der Waals surface area contributed by atoms with Crippen molar-refractivity contribution in [3.63, 3.8) is 0 Å². The second-order valence-electron chi connectivity index (χ2n) is 11.9. The van der Waals surface area contributed by atoms with Crippen LogP contribution in [0.5, 0.6) is 5.75 Å². The van der Waals surface area contributed by atoms with Crippen molar-refractivity contribution in [3.05, 3.63) is 85.8 Å². The number of fused-ring (bicyclic) bond motifs is 6. The minimum absolute atomic E-state index is 0.0266. The summed E-state index contributed by atoms with van der Waals surface area (Å²) in [6.07, 6.45) is -0.669. The second kappa shape index (κ2) is 13.9. The first-order valence-electron chi connectivity index (χ1n) is 15.2. The van der Waals surface area contributed by atoms with Crippen molar-refractivity contribution in [2.24, 2.45) is 0 Å². The highest BCUT2D eigenvalue weighted by molar-refractivity contribution is 5.90. The first kappa shape index (κ1) is 32.9. The number of hydrogen-bond donors (Lipinski definition) is 2. The van der Waals surface area contributed by atoms with Gasteiger partial charge in [0, 0.05) is 36.3 Å². The van der Waals surface area contributed by atoms with E-state index in [4.69, 9.17) is 28.5 Å². The molecule has 5 rings (SSSR count). The molecule has 1 aromatic heterocycles. The molecule has 2 aliphatic heterocycles. The predicted octanol–water partition coefficient (Wildman–Crippen LogP) is 4.38. The van der Waals surface area contributed by atoms with E-state index in [1.54, 1.807) is 19.1 Å². The topological polar surface area (TPSA) is 142 Å². The van der Waals surface area contributed by atoms with Gasteiger partial charge in [-0.1, -0.05) is 41.7 Å². The van der Waals surface area contributed by atoms with Gasteiger partial charge in [0.15, 0.2) is 17.8 Å². The molecule has 0 fully saturated rings. The smallest absolute Gasteiger partial charge is 0.339 e. The van der Waals surface area contributed by atoms with Crippen LogP contribution in [0.2, 0.25) is 0 Å². The Balaban J connectivity index is 1.69. The number of benzene rings is 2. The number of esters is 2. The van der Waals surface area contributed by atoms with Gasteiger partial charge in [-0.25, -0.2) is 9.59 Å². The number of rotatable bonds is 6. The number of aryl methyl sites for hydroxylation is 1.